The van der Waals surface area contributed by atoms with Gasteiger partial charge in [-0.2, -0.15) is 0 Å². The Morgan fingerprint density at radius 3 is 2.50 bits per heavy atom. The van der Waals surface area contributed by atoms with E-state index in [9.17, 15) is 17.6 Å². The number of esters is 1. The lowest BCUT2D eigenvalue weighted by molar-refractivity contribution is -0.290. The second-order valence-electron chi connectivity index (χ2n) is 10.7. The summed E-state index contributed by atoms with van der Waals surface area (Å²) in [6.07, 6.45) is 6.32. The van der Waals surface area contributed by atoms with Crippen LogP contribution in [-0.2, 0) is 29.0 Å². The van der Waals surface area contributed by atoms with Crippen molar-refractivity contribution in [2.45, 2.75) is 84.2 Å². The molecule has 0 N–H and O–H groups in total. The molecule has 1 aliphatic rings. The molecule has 0 aliphatic carbocycles. The Balaban J connectivity index is 2.00. The van der Waals surface area contributed by atoms with Crippen molar-refractivity contribution >= 4 is 28.0 Å². The number of hydrogen-bond donors (Lipinski definition) is 0. The number of carbonyl (C=O) groups excluding carboxylic acids is 1. The summed E-state index contributed by atoms with van der Waals surface area (Å²) in [6.45, 7) is 9.92. The Kier molecular flexibility index (Phi) is 10.4. The van der Waals surface area contributed by atoms with Gasteiger partial charge in [0.05, 0.1) is 42.9 Å². The highest BCUT2D eigenvalue weighted by atomic mass is 32.2. The minimum absolute atomic E-state index is 0.0211. The number of anilines is 1. The molecule has 220 valence electrons. The van der Waals surface area contributed by atoms with Crippen LogP contribution in [0.5, 0.6) is 0 Å². The molecule has 0 saturated carbocycles. The van der Waals surface area contributed by atoms with Crippen molar-refractivity contribution in [2.24, 2.45) is 0 Å². The summed E-state index contributed by atoms with van der Waals surface area (Å²) in [7, 11) is -2.23. The zero-order valence-electron chi connectivity index (χ0n) is 24.3. The molecule has 1 aliphatic heterocycles. The molecule has 0 radical (unpaired) electrons. The zero-order valence-corrected chi connectivity index (χ0v) is 25.1. The first-order chi connectivity index (χ1) is 18.7. The van der Waals surface area contributed by atoms with E-state index in [2.05, 4.69) is 9.97 Å². The van der Waals surface area contributed by atoms with Gasteiger partial charge >= 0.3 is 5.97 Å². The van der Waals surface area contributed by atoms with Crippen molar-refractivity contribution in [3.05, 3.63) is 47.4 Å². The van der Waals surface area contributed by atoms with Crippen molar-refractivity contribution in [2.75, 3.05) is 24.2 Å². The number of ether oxygens (including phenoxy) is 3. The van der Waals surface area contributed by atoms with Crippen molar-refractivity contribution in [1.29, 1.82) is 0 Å². The smallest absolute Gasteiger partial charge is 0.308 e. The van der Waals surface area contributed by atoms with Gasteiger partial charge in [0.15, 0.2) is 5.79 Å². The maximum atomic E-state index is 13.8. The molecular weight excluding hydrogens is 537 g/mol. The van der Waals surface area contributed by atoms with Crippen LogP contribution >= 0.6 is 0 Å². The van der Waals surface area contributed by atoms with Crippen molar-refractivity contribution in [3.63, 3.8) is 0 Å². The molecule has 1 saturated heterocycles. The van der Waals surface area contributed by atoms with Gasteiger partial charge in [-0.15, -0.1) is 0 Å². The summed E-state index contributed by atoms with van der Waals surface area (Å²) in [5, 5.41) is 0. The summed E-state index contributed by atoms with van der Waals surface area (Å²) >= 11 is 0. The fraction of sp³-hybridized carbons (Fsp3) is 0.552. The molecule has 11 heteroatoms. The monoisotopic (exact) mass is 577 g/mol. The molecule has 1 aromatic carbocycles. The number of rotatable bonds is 11. The molecule has 0 bridgehead atoms. The van der Waals surface area contributed by atoms with Crippen LogP contribution in [-0.4, -0.2) is 62.3 Å². The maximum absolute atomic E-state index is 13.8. The van der Waals surface area contributed by atoms with Crippen molar-refractivity contribution < 1.29 is 31.8 Å². The molecule has 40 heavy (non-hydrogen) atoms. The number of halogens is 1. The quantitative estimate of drug-likeness (QED) is 0.256. The molecule has 0 unspecified atom stereocenters. The van der Waals surface area contributed by atoms with E-state index >= 15 is 0 Å². The first-order valence-electron chi connectivity index (χ1n) is 13.5. The van der Waals surface area contributed by atoms with Crippen LogP contribution in [0, 0.1) is 5.82 Å². The molecule has 0 spiro atoms. The fourth-order valence-corrected chi connectivity index (χ4v) is 4.74. The SMILES string of the molecule is CCCCOC(=O)C[C@H]1C[C@@H](/C=C/c2c(-c3ccc(F)cc3)nc(N(C)S(C)(=O)=O)nc2C(C)C)OC(C)(C)O1. The highest BCUT2D eigenvalue weighted by Gasteiger charge is 2.36. The van der Waals surface area contributed by atoms with E-state index < -0.39 is 33.8 Å². The molecule has 2 heterocycles. The van der Waals surface area contributed by atoms with Gasteiger partial charge in [0, 0.05) is 24.6 Å². The Bertz CT molecular complexity index is 1310. The third-order valence-corrected chi connectivity index (χ3v) is 7.58. The van der Waals surface area contributed by atoms with E-state index in [1.54, 1.807) is 26.0 Å². The summed E-state index contributed by atoms with van der Waals surface area (Å²) < 4.78 is 56.8. The number of carbonyl (C=O) groups is 1. The van der Waals surface area contributed by atoms with E-state index in [0.717, 1.165) is 23.4 Å². The summed E-state index contributed by atoms with van der Waals surface area (Å²) in [4.78, 5) is 21.5. The van der Waals surface area contributed by atoms with Crippen LogP contribution in [0.3, 0.4) is 0 Å². The molecule has 9 nitrogen and oxygen atoms in total. The minimum Gasteiger partial charge on any atom is -0.466 e. The topological polar surface area (TPSA) is 108 Å². The average Bonchev–Trinajstić information content (AvgIpc) is 2.85. The van der Waals surface area contributed by atoms with Gasteiger partial charge in [-0.1, -0.05) is 39.3 Å². The number of sulfonamides is 1. The zero-order chi connectivity index (χ0) is 29.7. The van der Waals surface area contributed by atoms with Gasteiger partial charge < -0.3 is 14.2 Å². The molecular formula is C29H40FN3O6S. The van der Waals surface area contributed by atoms with E-state index in [1.165, 1.54) is 19.2 Å². The Labute approximate surface area is 236 Å². The van der Waals surface area contributed by atoms with Crippen LogP contribution in [0.25, 0.3) is 17.3 Å². The lowest BCUT2D eigenvalue weighted by Gasteiger charge is -2.39. The highest BCUT2D eigenvalue weighted by molar-refractivity contribution is 7.92. The highest BCUT2D eigenvalue weighted by Crippen LogP contribution is 2.34. The van der Waals surface area contributed by atoms with E-state index in [0.29, 0.717) is 35.5 Å². The Hall–Kier alpha value is -2.89. The van der Waals surface area contributed by atoms with Crippen LogP contribution in [0.2, 0.25) is 0 Å². The standard InChI is InChI=1S/C29H40FN3O6S/c1-8-9-16-37-25(34)18-23-17-22(38-29(4,5)39-23)14-15-24-26(19(2)3)31-28(33(6)40(7,35)36)32-27(24)20-10-12-21(30)13-11-20/h10-15,19,22-23H,8-9,16-18H2,1-7H3/b15-14+/t22-,23-/m1/s1. The number of hydrogen-bond acceptors (Lipinski definition) is 8. The van der Waals surface area contributed by atoms with Gasteiger partial charge in [-0.25, -0.2) is 27.1 Å². The second-order valence-corrected chi connectivity index (χ2v) is 12.7. The van der Waals surface area contributed by atoms with Gasteiger partial charge in [-0.3, -0.25) is 4.79 Å². The maximum Gasteiger partial charge on any atom is 0.308 e. The van der Waals surface area contributed by atoms with E-state index in [-0.39, 0.29) is 24.3 Å². The summed E-state index contributed by atoms with van der Waals surface area (Å²) in [6, 6.07) is 5.84. The van der Waals surface area contributed by atoms with Crippen LogP contribution < -0.4 is 4.31 Å². The molecule has 1 aromatic heterocycles. The van der Waals surface area contributed by atoms with Gasteiger partial charge in [0.1, 0.15) is 5.82 Å². The molecule has 3 rings (SSSR count). The van der Waals surface area contributed by atoms with Gasteiger partial charge in [0.25, 0.3) is 0 Å². The Morgan fingerprint density at radius 2 is 1.90 bits per heavy atom. The molecule has 2 atom stereocenters. The number of unbranched alkanes of at least 4 members (excludes halogenated alkanes) is 1. The van der Waals surface area contributed by atoms with E-state index in [1.807, 2.05) is 32.9 Å². The lowest BCUT2D eigenvalue weighted by Crippen LogP contribution is -2.44. The van der Waals surface area contributed by atoms with Crippen LogP contribution in [0.15, 0.2) is 30.3 Å². The first-order valence-corrected chi connectivity index (χ1v) is 15.4. The number of benzene rings is 1. The van der Waals surface area contributed by atoms with Gasteiger partial charge in [-0.05, 0) is 50.5 Å². The molecule has 2 aromatic rings. The minimum atomic E-state index is -3.62. The van der Waals surface area contributed by atoms with Crippen LogP contribution in [0.1, 0.15) is 77.5 Å². The van der Waals surface area contributed by atoms with Gasteiger partial charge in [0.2, 0.25) is 16.0 Å². The third-order valence-electron chi connectivity index (χ3n) is 6.42. The largest absolute Gasteiger partial charge is 0.466 e. The normalized spacial score (nSPS) is 19.2. The lowest BCUT2D eigenvalue weighted by atomic mass is 9.97. The number of aromatic nitrogens is 2. The predicted molar refractivity (Wildman–Crippen MR) is 153 cm³/mol. The number of nitrogens with zero attached hydrogens (tertiary/aromatic N) is 3. The van der Waals surface area contributed by atoms with Crippen molar-refractivity contribution in [1.82, 2.24) is 9.97 Å². The second kappa shape index (κ2) is 13.2. The summed E-state index contributed by atoms with van der Waals surface area (Å²) in [5.74, 6) is -1.71. The third kappa shape index (κ3) is 8.55. The summed E-state index contributed by atoms with van der Waals surface area (Å²) in [5.41, 5.74) is 2.35. The fourth-order valence-electron chi connectivity index (χ4n) is 4.37. The first kappa shape index (κ1) is 31.6. The predicted octanol–water partition coefficient (Wildman–Crippen LogP) is 5.46. The van der Waals surface area contributed by atoms with Crippen LogP contribution in [0.4, 0.5) is 10.3 Å². The molecule has 0 amide bonds. The molecule has 1 fully saturated rings. The average molecular weight is 578 g/mol. The van der Waals surface area contributed by atoms with E-state index in [4.69, 9.17) is 14.2 Å². The van der Waals surface area contributed by atoms with Crippen molar-refractivity contribution in [3.8, 4) is 11.3 Å². The Morgan fingerprint density at radius 1 is 1.23 bits per heavy atom.